The number of hydrogen-bond donors (Lipinski definition) is 11. The Balaban J connectivity index is 1.23. The van der Waals surface area contributed by atoms with Crippen LogP contribution in [0.5, 0.6) is 0 Å². The molecule has 6 rings (SSSR count). The third kappa shape index (κ3) is 12.7. The average molecular weight is 887 g/mol. The summed E-state index contributed by atoms with van der Waals surface area (Å²) in [5.74, 6) is -4.01. The number of aromatic amines is 3. The van der Waals surface area contributed by atoms with E-state index in [1.807, 2.05) is 61.5 Å². The molecule has 1 unspecified atom stereocenters. The van der Waals surface area contributed by atoms with Crippen molar-refractivity contribution in [1.29, 1.82) is 0 Å². The molecule has 14 N–H and O–H groups in total. The molecule has 0 aliphatic carbocycles. The topological polar surface area (TPSA) is 301 Å². The minimum atomic E-state index is -1.26. The van der Waals surface area contributed by atoms with Crippen LogP contribution in [0.25, 0.3) is 21.8 Å². The number of unbranched alkanes of at least 4 members (excludes halogenated alkanes) is 1. The normalized spacial score (nSPS) is 14.1. The van der Waals surface area contributed by atoms with Crippen molar-refractivity contribution in [2.24, 2.45) is 17.2 Å². The average Bonchev–Trinajstić information content (AvgIpc) is 4.04. The maximum Gasteiger partial charge on any atom is 0.243 e. The quantitative estimate of drug-likeness (QED) is 0.0413. The number of nitrogens with two attached hydrogens (primary N) is 3. The van der Waals surface area contributed by atoms with E-state index in [0.717, 1.165) is 38.6 Å². The predicted octanol–water partition coefficient (Wildman–Crippen LogP) is 1.34. The molecule has 6 amide bonds. The highest BCUT2D eigenvalue weighted by Gasteiger charge is 2.33. The number of nitrogens with one attached hydrogen (secondary N) is 8. The highest BCUT2D eigenvalue weighted by atomic mass is 16.2. The van der Waals surface area contributed by atoms with Crippen molar-refractivity contribution in [2.45, 2.75) is 95.0 Å². The van der Waals surface area contributed by atoms with Gasteiger partial charge in [0.05, 0.1) is 12.4 Å². The molecule has 65 heavy (non-hydrogen) atoms. The number of H-pyrrole nitrogens is 3. The number of carbonyl (C=O) groups is 6. The van der Waals surface area contributed by atoms with Gasteiger partial charge in [-0.05, 0) is 68.5 Å². The SMILES string of the molecule is Cc1[nH]c2ccccc2c1C[C@@H](NC(=O)[C@@H](N)Cc1cnc[nH]1)C(=O)N[C@@H](C)C(=O)N[C@@H](Cc1c[nH]c2ccccc12)C(=O)N[C@H](Cc1ccccc1)C(=O)NC(CCCCN)C(N)=O. The van der Waals surface area contributed by atoms with Gasteiger partial charge in [0.2, 0.25) is 35.4 Å². The smallest absolute Gasteiger partial charge is 0.243 e. The summed E-state index contributed by atoms with van der Waals surface area (Å²) in [6.07, 6.45) is 6.47. The van der Waals surface area contributed by atoms with Crippen molar-refractivity contribution >= 4 is 57.2 Å². The van der Waals surface area contributed by atoms with Gasteiger partial charge in [-0.2, -0.15) is 0 Å². The maximum absolute atomic E-state index is 14.5. The Labute approximate surface area is 376 Å². The van der Waals surface area contributed by atoms with Gasteiger partial charge in [0.1, 0.15) is 30.2 Å². The van der Waals surface area contributed by atoms with E-state index in [0.29, 0.717) is 30.6 Å². The van der Waals surface area contributed by atoms with Gasteiger partial charge in [0.25, 0.3) is 0 Å². The highest BCUT2D eigenvalue weighted by molar-refractivity contribution is 5.97. The van der Waals surface area contributed by atoms with Gasteiger partial charge in [0.15, 0.2) is 0 Å². The number of rotatable bonds is 23. The standard InChI is InChI=1S/C47H58N12O6/c1-27-34(33-15-7-9-17-37(33)54-27)23-41(58-44(62)35(49)22-31-25-51-26-53-31)45(63)55-28(2)43(61)57-40(21-30-24-52-36-16-8-6-14-32(30)36)47(65)59-39(20-29-12-4-3-5-13-29)46(64)56-38(42(50)60)18-10-11-19-48/h3-9,12-17,24-26,28,35,38-41,52,54H,10-11,18-23,48-49H2,1-2H3,(H2,50,60)(H,51,53)(H,55,63)(H,56,64)(H,57,61)(H,58,62)(H,59,65)/t28-,35-,38?,39+,40-,41+/m0/s1. The zero-order chi connectivity index (χ0) is 46.5. The van der Waals surface area contributed by atoms with Crippen molar-refractivity contribution in [3.63, 3.8) is 0 Å². The number of carbonyl (C=O) groups excluding carboxylic acids is 6. The third-order valence-electron chi connectivity index (χ3n) is 11.4. The zero-order valence-electron chi connectivity index (χ0n) is 36.5. The molecule has 6 atom stereocenters. The molecule has 0 aliphatic heterocycles. The first kappa shape index (κ1) is 47.2. The first-order chi connectivity index (χ1) is 31.3. The molecule has 3 heterocycles. The summed E-state index contributed by atoms with van der Waals surface area (Å²) >= 11 is 0. The van der Waals surface area contributed by atoms with Crippen molar-refractivity contribution in [3.05, 3.63) is 126 Å². The second-order valence-electron chi connectivity index (χ2n) is 16.3. The van der Waals surface area contributed by atoms with Crippen molar-refractivity contribution < 1.29 is 28.8 Å². The Kier molecular flexibility index (Phi) is 16.2. The van der Waals surface area contributed by atoms with E-state index in [2.05, 4.69) is 46.5 Å². The summed E-state index contributed by atoms with van der Waals surface area (Å²) in [5.41, 5.74) is 22.9. The van der Waals surface area contributed by atoms with E-state index in [9.17, 15) is 28.8 Å². The Morgan fingerprint density at radius 1 is 0.646 bits per heavy atom. The summed E-state index contributed by atoms with van der Waals surface area (Å²) in [6, 6.07) is 17.3. The minimum absolute atomic E-state index is 0.00231. The number of amides is 6. The summed E-state index contributed by atoms with van der Waals surface area (Å²) < 4.78 is 0. The molecule has 0 saturated carbocycles. The van der Waals surface area contributed by atoms with Crippen LogP contribution >= 0.6 is 0 Å². The number of benzene rings is 3. The fourth-order valence-corrected chi connectivity index (χ4v) is 7.80. The van der Waals surface area contributed by atoms with E-state index < -0.39 is 71.7 Å². The molecule has 0 bridgehead atoms. The van der Waals surface area contributed by atoms with Crippen LogP contribution in [-0.4, -0.2) is 98.2 Å². The lowest BCUT2D eigenvalue weighted by Crippen LogP contribution is -2.59. The number of para-hydroxylation sites is 2. The molecule has 0 saturated heterocycles. The molecule has 0 fully saturated rings. The molecule has 3 aromatic heterocycles. The van der Waals surface area contributed by atoms with Gasteiger partial charge in [-0.15, -0.1) is 0 Å². The fraction of sp³-hybridized carbons (Fsp3) is 0.340. The van der Waals surface area contributed by atoms with Gasteiger partial charge in [-0.1, -0.05) is 66.7 Å². The molecular weight excluding hydrogens is 829 g/mol. The fourth-order valence-electron chi connectivity index (χ4n) is 7.80. The summed E-state index contributed by atoms with van der Waals surface area (Å²) in [7, 11) is 0. The second-order valence-corrected chi connectivity index (χ2v) is 16.3. The molecule has 6 aromatic rings. The lowest BCUT2D eigenvalue weighted by Gasteiger charge is -2.26. The van der Waals surface area contributed by atoms with E-state index in [1.54, 1.807) is 36.7 Å². The Morgan fingerprint density at radius 2 is 1.25 bits per heavy atom. The Morgan fingerprint density at radius 3 is 1.94 bits per heavy atom. The molecule has 18 nitrogen and oxygen atoms in total. The van der Waals surface area contributed by atoms with E-state index in [4.69, 9.17) is 17.2 Å². The molecule has 3 aromatic carbocycles. The summed E-state index contributed by atoms with van der Waals surface area (Å²) in [6.45, 7) is 3.74. The molecular formula is C47H58N12O6. The van der Waals surface area contributed by atoms with E-state index >= 15 is 0 Å². The summed E-state index contributed by atoms with van der Waals surface area (Å²) in [4.78, 5) is 96.1. The molecule has 342 valence electrons. The molecule has 0 aliphatic rings. The van der Waals surface area contributed by atoms with Crippen LogP contribution in [0.3, 0.4) is 0 Å². The van der Waals surface area contributed by atoms with E-state index in [-0.39, 0.29) is 32.1 Å². The number of fused-ring (bicyclic) bond motifs is 2. The highest BCUT2D eigenvalue weighted by Crippen LogP contribution is 2.24. The van der Waals surface area contributed by atoms with Crippen LogP contribution in [0.15, 0.2) is 97.6 Å². The summed E-state index contributed by atoms with van der Waals surface area (Å²) in [5, 5.41) is 15.6. The number of imidazole rings is 1. The molecule has 0 radical (unpaired) electrons. The number of aromatic nitrogens is 4. The van der Waals surface area contributed by atoms with Gasteiger partial charge >= 0.3 is 0 Å². The lowest BCUT2D eigenvalue weighted by atomic mass is 10.0. The monoisotopic (exact) mass is 886 g/mol. The van der Waals surface area contributed by atoms with Crippen LogP contribution in [0.1, 0.15) is 54.3 Å². The van der Waals surface area contributed by atoms with E-state index in [1.165, 1.54) is 13.3 Å². The predicted molar refractivity (Wildman–Crippen MR) is 247 cm³/mol. The molecule has 0 spiro atoms. The van der Waals surface area contributed by atoms with Crippen LogP contribution < -0.4 is 43.8 Å². The first-order valence-electron chi connectivity index (χ1n) is 21.7. The Bertz CT molecular complexity index is 2570. The van der Waals surface area contributed by atoms with Gasteiger partial charge < -0.3 is 58.7 Å². The largest absolute Gasteiger partial charge is 0.368 e. The van der Waals surface area contributed by atoms with Gasteiger partial charge in [0, 0.05) is 71.3 Å². The zero-order valence-corrected chi connectivity index (χ0v) is 36.5. The number of primary amides is 1. The van der Waals surface area contributed by atoms with Crippen molar-refractivity contribution in [3.8, 4) is 0 Å². The van der Waals surface area contributed by atoms with Crippen LogP contribution in [0.2, 0.25) is 0 Å². The minimum Gasteiger partial charge on any atom is -0.368 e. The first-order valence-corrected chi connectivity index (χ1v) is 21.7. The number of aryl methyl sites for hydroxylation is 1. The maximum atomic E-state index is 14.5. The second kappa shape index (κ2) is 22.4. The third-order valence-corrected chi connectivity index (χ3v) is 11.4. The van der Waals surface area contributed by atoms with Crippen LogP contribution in [0.4, 0.5) is 0 Å². The van der Waals surface area contributed by atoms with Crippen LogP contribution in [-0.2, 0) is 54.5 Å². The number of nitrogens with zero attached hydrogens (tertiary/aromatic N) is 1. The van der Waals surface area contributed by atoms with Gasteiger partial charge in [-0.3, -0.25) is 28.8 Å². The van der Waals surface area contributed by atoms with Gasteiger partial charge in [-0.25, -0.2) is 4.98 Å². The van der Waals surface area contributed by atoms with Crippen molar-refractivity contribution in [1.82, 2.24) is 46.5 Å². The van der Waals surface area contributed by atoms with Crippen molar-refractivity contribution in [2.75, 3.05) is 6.54 Å². The van der Waals surface area contributed by atoms with Crippen LogP contribution in [0, 0.1) is 6.92 Å². The molecule has 18 heteroatoms. The lowest BCUT2D eigenvalue weighted by molar-refractivity contribution is -0.134. The number of hydrogen-bond acceptors (Lipinski definition) is 9. The Hall–Kier alpha value is -7.31.